The number of rotatable bonds is 2. The molecule has 7 heavy (non-hydrogen) atoms. The summed E-state index contributed by atoms with van der Waals surface area (Å²) in [6.07, 6.45) is -0.613. The average molecular weight is 103 g/mol. The fourth-order valence-corrected chi connectivity index (χ4v) is 0.0881. The highest BCUT2D eigenvalue weighted by molar-refractivity contribution is 4.63. The van der Waals surface area contributed by atoms with Gasteiger partial charge in [-0.05, 0) is 13.8 Å². The largest absolute Gasteiger partial charge is 0.391 e. The summed E-state index contributed by atoms with van der Waals surface area (Å²) in [7, 11) is 0. The average Bonchev–Trinajstić information content (AvgIpc) is 1.65. The first kappa shape index (κ1) is 6.56. The van der Waals surface area contributed by atoms with Gasteiger partial charge in [0.1, 0.15) is 6.04 Å². The number of hydrogen-bond donors (Lipinski definition) is 1. The fourth-order valence-electron chi connectivity index (χ4n) is 0.0881. The quantitative estimate of drug-likeness (QED) is 0.518. The van der Waals surface area contributed by atoms with Gasteiger partial charge >= 0.3 is 0 Å². The van der Waals surface area contributed by atoms with Crippen LogP contribution in [0.1, 0.15) is 13.8 Å². The Balaban J connectivity index is 3.33. The van der Waals surface area contributed by atoms with Gasteiger partial charge in [-0.2, -0.15) is 4.91 Å². The topological polar surface area (TPSA) is 49.7 Å². The molecule has 1 N–H and O–H groups in total. The van der Waals surface area contributed by atoms with Crippen molar-refractivity contribution in [3.05, 3.63) is 4.91 Å². The lowest BCUT2D eigenvalue weighted by molar-refractivity contribution is 0.171. The minimum atomic E-state index is -0.613. The third-order valence-electron chi connectivity index (χ3n) is 0.864. The molecule has 0 aliphatic heterocycles. The number of aliphatic hydroxyl groups is 1. The molecule has 2 atom stereocenters. The van der Waals surface area contributed by atoms with Gasteiger partial charge in [-0.1, -0.05) is 5.18 Å². The van der Waals surface area contributed by atoms with Crippen molar-refractivity contribution in [3.63, 3.8) is 0 Å². The molecule has 0 saturated heterocycles. The highest BCUT2D eigenvalue weighted by atomic mass is 16.3. The number of aliphatic hydroxyl groups excluding tert-OH is 1. The minimum Gasteiger partial charge on any atom is -0.391 e. The maximum atomic E-state index is 9.54. The fraction of sp³-hybridized carbons (Fsp3) is 1.00. The van der Waals surface area contributed by atoms with Gasteiger partial charge in [0.15, 0.2) is 0 Å². The van der Waals surface area contributed by atoms with E-state index >= 15 is 0 Å². The van der Waals surface area contributed by atoms with Gasteiger partial charge in [0.2, 0.25) is 0 Å². The monoisotopic (exact) mass is 103 g/mol. The lowest BCUT2D eigenvalue weighted by Crippen LogP contribution is -2.15. The normalized spacial score (nSPS) is 18.1. The second-order valence-electron chi connectivity index (χ2n) is 1.59. The van der Waals surface area contributed by atoms with Crippen molar-refractivity contribution in [2.24, 2.45) is 5.18 Å². The van der Waals surface area contributed by atoms with Crippen LogP contribution in [0.4, 0.5) is 0 Å². The molecule has 0 aromatic rings. The molecule has 0 aliphatic rings. The molecule has 2 unspecified atom stereocenters. The summed E-state index contributed by atoms with van der Waals surface area (Å²) in [5, 5.41) is 11.1. The molecule has 0 spiro atoms. The molecular formula is C4H9NO2. The van der Waals surface area contributed by atoms with Crippen LogP contribution in [-0.4, -0.2) is 17.3 Å². The molecule has 0 radical (unpaired) electrons. The van der Waals surface area contributed by atoms with Gasteiger partial charge in [-0.3, -0.25) is 0 Å². The van der Waals surface area contributed by atoms with Gasteiger partial charge < -0.3 is 5.11 Å². The number of nitrogens with zero attached hydrogens (tertiary/aromatic N) is 1. The Bertz CT molecular complexity index is 62.7. The van der Waals surface area contributed by atoms with E-state index in [1.54, 1.807) is 6.92 Å². The van der Waals surface area contributed by atoms with Crippen LogP contribution >= 0.6 is 0 Å². The standard InChI is InChI=1S/C4H9NO2/c1-3(5-7)4(2)6/h3-4,6H,1-2H3. The maximum Gasteiger partial charge on any atom is 0.115 e. The summed E-state index contributed by atoms with van der Waals surface area (Å²) >= 11 is 0. The van der Waals surface area contributed by atoms with Crippen molar-refractivity contribution in [2.45, 2.75) is 26.0 Å². The summed E-state index contributed by atoms with van der Waals surface area (Å²) in [6.45, 7) is 3.10. The summed E-state index contributed by atoms with van der Waals surface area (Å²) in [5.74, 6) is 0. The van der Waals surface area contributed by atoms with Crippen LogP contribution in [0.25, 0.3) is 0 Å². The van der Waals surface area contributed by atoms with Crippen molar-refractivity contribution < 1.29 is 5.11 Å². The molecule has 0 aromatic heterocycles. The third kappa shape index (κ3) is 2.28. The zero-order chi connectivity index (χ0) is 5.86. The maximum absolute atomic E-state index is 9.54. The van der Waals surface area contributed by atoms with Gasteiger partial charge in [0.05, 0.1) is 6.10 Å². The Hall–Kier alpha value is -0.440. The molecule has 0 rings (SSSR count). The van der Waals surface area contributed by atoms with Crippen molar-refractivity contribution in [1.29, 1.82) is 0 Å². The van der Waals surface area contributed by atoms with Crippen LogP contribution in [0.2, 0.25) is 0 Å². The molecule has 42 valence electrons. The van der Waals surface area contributed by atoms with Gasteiger partial charge in [-0.15, -0.1) is 0 Å². The molecule has 0 aromatic carbocycles. The summed E-state index contributed by atoms with van der Waals surface area (Å²) in [4.78, 5) is 9.54. The molecule has 0 heterocycles. The Morgan fingerprint density at radius 1 is 1.57 bits per heavy atom. The predicted octanol–water partition coefficient (Wildman–Crippen LogP) is 0.522. The summed E-state index contributed by atoms with van der Waals surface area (Å²) < 4.78 is 0. The molecule has 0 bridgehead atoms. The van der Waals surface area contributed by atoms with Gasteiger partial charge in [0, 0.05) is 0 Å². The van der Waals surface area contributed by atoms with E-state index in [-0.39, 0.29) is 0 Å². The van der Waals surface area contributed by atoms with Crippen LogP contribution in [0.5, 0.6) is 0 Å². The van der Waals surface area contributed by atoms with E-state index < -0.39 is 12.1 Å². The van der Waals surface area contributed by atoms with Crippen LogP contribution in [0, 0.1) is 4.91 Å². The first-order chi connectivity index (χ1) is 3.18. The molecule has 0 saturated carbocycles. The molecule has 0 aliphatic carbocycles. The molecule has 0 amide bonds. The van der Waals surface area contributed by atoms with E-state index in [0.717, 1.165) is 0 Å². The Labute approximate surface area is 42.3 Å². The summed E-state index contributed by atoms with van der Waals surface area (Å²) in [6, 6.07) is -0.472. The van der Waals surface area contributed by atoms with Crippen molar-refractivity contribution in [2.75, 3.05) is 0 Å². The first-order valence-electron chi connectivity index (χ1n) is 2.19. The van der Waals surface area contributed by atoms with E-state index in [1.165, 1.54) is 6.92 Å². The van der Waals surface area contributed by atoms with Crippen LogP contribution in [0.3, 0.4) is 0 Å². The highest BCUT2D eigenvalue weighted by Gasteiger charge is 2.05. The van der Waals surface area contributed by atoms with E-state index in [0.29, 0.717) is 0 Å². The number of hydrogen-bond acceptors (Lipinski definition) is 3. The molecule has 3 nitrogen and oxygen atoms in total. The molecule has 0 fully saturated rings. The van der Waals surface area contributed by atoms with Gasteiger partial charge in [-0.25, -0.2) is 0 Å². The SMILES string of the molecule is CC(O)C(C)N=O. The zero-order valence-electron chi connectivity index (χ0n) is 4.46. The lowest BCUT2D eigenvalue weighted by Gasteiger charge is -2.01. The van der Waals surface area contributed by atoms with Crippen LogP contribution in [0.15, 0.2) is 5.18 Å². The van der Waals surface area contributed by atoms with Crippen molar-refractivity contribution in [1.82, 2.24) is 0 Å². The number of nitroso groups, excluding NO2 is 1. The van der Waals surface area contributed by atoms with Gasteiger partial charge in [0.25, 0.3) is 0 Å². The molecular weight excluding hydrogens is 94.0 g/mol. The van der Waals surface area contributed by atoms with Crippen LogP contribution < -0.4 is 0 Å². The Kier molecular flexibility index (Phi) is 2.52. The first-order valence-corrected chi connectivity index (χ1v) is 2.19. The zero-order valence-corrected chi connectivity index (χ0v) is 4.46. The minimum absolute atomic E-state index is 0.472. The highest BCUT2D eigenvalue weighted by Crippen LogP contribution is 1.93. The second kappa shape index (κ2) is 2.69. The van der Waals surface area contributed by atoms with Crippen molar-refractivity contribution in [3.8, 4) is 0 Å². The lowest BCUT2D eigenvalue weighted by atomic mass is 10.2. The van der Waals surface area contributed by atoms with Crippen molar-refractivity contribution >= 4 is 0 Å². The smallest absolute Gasteiger partial charge is 0.115 e. The Morgan fingerprint density at radius 2 is 2.00 bits per heavy atom. The van der Waals surface area contributed by atoms with E-state index in [4.69, 9.17) is 5.11 Å². The summed E-state index contributed by atoms with van der Waals surface area (Å²) in [5.41, 5.74) is 0. The third-order valence-corrected chi connectivity index (χ3v) is 0.864. The molecule has 3 heteroatoms. The van der Waals surface area contributed by atoms with E-state index in [1.807, 2.05) is 0 Å². The second-order valence-corrected chi connectivity index (χ2v) is 1.59. The van der Waals surface area contributed by atoms with E-state index in [9.17, 15) is 4.91 Å². The van der Waals surface area contributed by atoms with Crippen LogP contribution in [-0.2, 0) is 0 Å². The van der Waals surface area contributed by atoms with E-state index in [2.05, 4.69) is 5.18 Å². The predicted molar refractivity (Wildman–Crippen MR) is 26.9 cm³/mol. The Morgan fingerprint density at radius 3 is 2.00 bits per heavy atom.